The monoisotopic (exact) mass is 276 g/mol. The fraction of sp³-hybridized carbons (Fsp3) is 0.533. The number of carbonyl (C=O) groups excluding carboxylic acids is 1. The Morgan fingerprint density at radius 2 is 2.00 bits per heavy atom. The molecule has 1 heterocycles. The highest BCUT2D eigenvalue weighted by Crippen LogP contribution is 2.30. The van der Waals surface area contributed by atoms with E-state index in [4.69, 9.17) is 0 Å². The van der Waals surface area contributed by atoms with E-state index in [1.807, 2.05) is 25.1 Å². The Balaban J connectivity index is 1.95. The number of hydrogen-bond acceptors (Lipinski definition) is 3. The second kappa shape index (κ2) is 6.50. The van der Waals surface area contributed by atoms with Crippen LogP contribution >= 0.6 is 0 Å². The van der Waals surface area contributed by atoms with Crippen LogP contribution in [0.3, 0.4) is 0 Å². The van der Waals surface area contributed by atoms with Gasteiger partial charge in [-0.3, -0.25) is 14.6 Å². The molecule has 2 atom stereocenters. The fourth-order valence-electron chi connectivity index (χ4n) is 2.75. The van der Waals surface area contributed by atoms with Crippen molar-refractivity contribution in [2.75, 3.05) is 0 Å². The van der Waals surface area contributed by atoms with Gasteiger partial charge >= 0.3 is 5.97 Å². The smallest absolute Gasteiger partial charge is 0.307 e. The van der Waals surface area contributed by atoms with Crippen LogP contribution in [0, 0.1) is 18.8 Å². The Morgan fingerprint density at radius 3 is 2.65 bits per heavy atom. The minimum atomic E-state index is -0.862. The molecule has 0 bridgehead atoms. The molecule has 1 fully saturated rings. The number of aryl methyl sites for hydroxylation is 1. The van der Waals surface area contributed by atoms with Crippen LogP contribution in [0.5, 0.6) is 0 Å². The predicted molar refractivity (Wildman–Crippen MR) is 73.9 cm³/mol. The third-order valence-electron chi connectivity index (χ3n) is 3.81. The van der Waals surface area contributed by atoms with E-state index in [0.717, 1.165) is 24.2 Å². The van der Waals surface area contributed by atoms with Crippen LogP contribution in [0.2, 0.25) is 0 Å². The van der Waals surface area contributed by atoms with Gasteiger partial charge in [0.2, 0.25) is 5.91 Å². The summed E-state index contributed by atoms with van der Waals surface area (Å²) in [6.07, 6.45) is 3.06. The average molecular weight is 276 g/mol. The van der Waals surface area contributed by atoms with Gasteiger partial charge < -0.3 is 10.4 Å². The first-order valence-corrected chi connectivity index (χ1v) is 7.01. The Hall–Kier alpha value is -1.91. The quantitative estimate of drug-likeness (QED) is 0.880. The zero-order valence-electron chi connectivity index (χ0n) is 11.6. The van der Waals surface area contributed by atoms with Crippen LogP contribution in [0.25, 0.3) is 0 Å². The molecule has 0 radical (unpaired) electrons. The van der Waals surface area contributed by atoms with E-state index in [0.29, 0.717) is 19.4 Å². The highest BCUT2D eigenvalue weighted by Gasteiger charge is 2.35. The molecule has 0 spiro atoms. The van der Waals surface area contributed by atoms with Gasteiger partial charge in [0.1, 0.15) is 0 Å². The van der Waals surface area contributed by atoms with Gasteiger partial charge in [-0.1, -0.05) is 18.9 Å². The molecular weight excluding hydrogens is 256 g/mol. The van der Waals surface area contributed by atoms with E-state index in [-0.39, 0.29) is 5.91 Å². The molecule has 20 heavy (non-hydrogen) atoms. The lowest BCUT2D eigenvalue weighted by Crippen LogP contribution is -2.39. The Morgan fingerprint density at radius 1 is 1.30 bits per heavy atom. The average Bonchev–Trinajstić information content (AvgIpc) is 2.45. The predicted octanol–water partition coefficient (Wildman–Crippen LogP) is 1.90. The molecule has 1 saturated carbocycles. The number of carboxylic acid groups (broad SMARTS) is 1. The minimum absolute atomic E-state index is 0.166. The molecule has 0 unspecified atom stereocenters. The molecule has 108 valence electrons. The van der Waals surface area contributed by atoms with Crippen molar-refractivity contribution in [3.8, 4) is 0 Å². The largest absolute Gasteiger partial charge is 0.481 e. The van der Waals surface area contributed by atoms with Crippen molar-refractivity contribution in [1.29, 1.82) is 0 Å². The summed E-state index contributed by atoms with van der Waals surface area (Å²) in [6.45, 7) is 2.25. The summed E-state index contributed by atoms with van der Waals surface area (Å²) in [5.74, 6) is -1.99. The number of pyridine rings is 1. The second-order valence-corrected chi connectivity index (χ2v) is 5.32. The molecule has 1 aromatic heterocycles. The lowest BCUT2D eigenvalue weighted by atomic mass is 9.78. The van der Waals surface area contributed by atoms with Gasteiger partial charge in [0, 0.05) is 5.69 Å². The van der Waals surface area contributed by atoms with Crippen molar-refractivity contribution in [3.63, 3.8) is 0 Å². The van der Waals surface area contributed by atoms with Gasteiger partial charge in [-0.15, -0.1) is 0 Å². The number of aromatic nitrogens is 1. The van der Waals surface area contributed by atoms with Crippen LogP contribution in [-0.4, -0.2) is 22.0 Å². The van der Waals surface area contributed by atoms with Gasteiger partial charge in [0.15, 0.2) is 0 Å². The summed E-state index contributed by atoms with van der Waals surface area (Å²) in [5.41, 5.74) is 1.69. The summed E-state index contributed by atoms with van der Waals surface area (Å²) in [4.78, 5) is 27.7. The van der Waals surface area contributed by atoms with Gasteiger partial charge in [0.25, 0.3) is 0 Å². The van der Waals surface area contributed by atoms with Crippen LogP contribution in [-0.2, 0) is 16.1 Å². The third-order valence-corrected chi connectivity index (χ3v) is 3.81. The second-order valence-electron chi connectivity index (χ2n) is 5.32. The number of carbonyl (C=O) groups is 2. The van der Waals surface area contributed by atoms with Crippen molar-refractivity contribution in [2.45, 2.75) is 39.2 Å². The Bertz CT molecular complexity index is 502. The maximum atomic E-state index is 12.2. The number of rotatable bonds is 4. The first kappa shape index (κ1) is 14.5. The number of carboxylic acids is 1. The first-order chi connectivity index (χ1) is 9.58. The molecule has 1 aliphatic rings. The van der Waals surface area contributed by atoms with Crippen molar-refractivity contribution in [2.24, 2.45) is 11.8 Å². The number of amides is 1. The van der Waals surface area contributed by atoms with Crippen LogP contribution in [0.15, 0.2) is 18.2 Å². The summed E-state index contributed by atoms with van der Waals surface area (Å²) in [5, 5.41) is 12.0. The molecule has 1 aromatic rings. The lowest BCUT2D eigenvalue weighted by Gasteiger charge is -2.27. The molecule has 0 saturated heterocycles. The summed E-state index contributed by atoms with van der Waals surface area (Å²) in [7, 11) is 0. The molecule has 5 nitrogen and oxygen atoms in total. The van der Waals surface area contributed by atoms with E-state index in [1.165, 1.54) is 0 Å². The van der Waals surface area contributed by atoms with Crippen molar-refractivity contribution in [1.82, 2.24) is 10.3 Å². The lowest BCUT2D eigenvalue weighted by molar-refractivity contribution is -0.148. The molecule has 5 heteroatoms. The molecule has 1 amide bonds. The topological polar surface area (TPSA) is 79.3 Å². The number of nitrogens with zero attached hydrogens (tertiary/aromatic N) is 1. The van der Waals surface area contributed by atoms with Gasteiger partial charge in [0.05, 0.1) is 24.1 Å². The maximum Gasteiger partial charge on any atom is 0.307 e. The number of nitrogens with one attached hydrogen (secondary N) is 1. The van der Waals surface area contributed by atoms with Gasteiger partial charge in [-0.2, -0.15) is 0 Å². The molecule has 2 N–H and O–H groups in total. The molecule has 2 rings (SSSR count). The summed E-state index contributed by atoms with van der Waals surface area (Å²) in [6, 6.07) is 5.64. The first-order valence-electron chi connectivity index (χ1n) is 7.01. The third kappa shape index (κ3) is 3.56. The van der Waals surface area contributed by atoms with Gasteiger partial charge in [-0.25, -0.2) is 0 Å². The van der Waals surface area contributed by atoms with Crippen molar-refractivity contribution in [3.05, 3.63) is 29.6 Å². The van der Waals surface area contributed by atoms with Crippen molar-refractivity contribution < 1.29 is 14.7 Å². The van der Waals surface area contributed by atoms with E-state index in [1.54, 1.807) is 0 Å². The molecule has 1 aliphatic carbocycles. The van der Waals surface area contributed by atoms with Gasteiger partial charge in [-0.05, 0) is 31.9 Å². The number of aliphatic carboxylic acids is 1. The molecule has 0 aromatic carbocycles. The number of hydrogen-bond donors (Lipinski definition) is 2. The van der Waals surface area contributed by atoms with Crippen LogP contribution in [0.1, 0.15) is 37.1 Å². The van der Waals surface area contributed by atoms with E-state index < -0.39 is 17.8 Å². The highest BCUT2D eigenvalue weighted by molar-refractivity contribution is 5.84. The fourth-order valence-corrected chi connectivity index (χ4v) is 2.75. The minimum Gasteiger partial charge on any atom is -0.481 e. The summed E-state index contributed by atoms with van der Waals surface area (Å²) < 4.78 is 0. The van der Waals surface area contributed by atoms with E-state index in [9.17, 15) is 14.7 Å². The normalized spacial score (nSPS) is 22.2. The Kier molecular flexibility index (Phi) is 4.71. The zero-order valence-corrected chi connectivity index (χ0v) is 11.6. The van der Waals surface area contributed by atoms with Crippen LogP contribution < -0.4 is 5.32 Å². The van der Waals surface area contributed by atoms with E-state index in [2.05, 4.69) is 10.3 Å². The standard InChI is InChI=1S/C15H20N2O3/c1-10-5-4-6-11(17-10)9-16-14(18)12-7-2-3-8-13(12)15(19)20/h4-6,12-13H,2-3,7-9H2,1H3,(H,16,18)(H,19,20)/t12-,13+/m1/s1. The molecule has 0 aliphatic heterocycles. The van der Waals surface area contributed by atoms with Crippen LogP contribution in [0.4, 0.5) is 0 Å². The molecular formula is C15H20N2O3. The maximum absolute atomic E-state index is 12.2. The zero-order chi connectivity index (χ0) is 14.5. The highest BCUT2D eigenvalue weighted by atomic mass is 16.4. The van der Waals surface area contributed by atoms with Crippen molar-refractivity contribution >= 4 is 11.9 Å². The Labute approximate surface area is 118 Å². The summed E-state index contributed by atoms with van der Waals surface area (Å²) >= 11 is 0. The van der Waals surface area contributed by atoms with E-state index >= 15 is 0 Å². The SMILES string of the molecule is Cc1cccc(CNC(=O)[C@@H]2CCCC[C@@H]2C(=O)O)n1.